The molecule has 4 nitrogen and oxygen atoms in total. The second-order valence-electron chi connectivity index (χ2n) is 4.85. The molecule has 20 heavy (non-hydrogen) atoms. The van der Waals surface area contributed by atoms with Crippen molar-refractivity contribution in [3.63, 3.8) is 0 Å². The van der Waals surface area contributed by atoms with E-state index in [1.807, 2.05) is 30.5 Å². The highest BCUT2D eigenvalue weighted by atomic mass is 32.2. The standard InChI is InChI=1S/C15H19N3OS/c1-10(2)16-9-12-8-14(19)18-15(17-12)11-4-6-13(20-3)7-5-11/h4-8,10,16H,9H2,1-3H3,(H,17,18,19). The Hall–Kier alpha value is -1.59. The van der Waals surface area contributed by atoms with Crippen molar-refractivity contribution in [1.29, 1.82) is 0 Å². The average Bonchev–Trinajstić information content (AvgIpc) is 2.44. The van der Waals surface area contributed by atoms with Gasteiger partial charge in [-0.2, -0.15) is 0 Å². The van der Waals surface area contributed by atoms with Gasteiger partial charge in [-0.3, -0.25) is 4.79 Å². The van der Waals surface area contributed by atoms with Crippen LogP contribution in [0.25, 0.3) is 11.4 Å². The molecule has 0 amide bonds. The topological polar surface area (TPSA) is 57.8 Å². The van der Waals surface area contributed by atoms with E-state index in [2.05, 4.69) is 29.1 Å². The SMILES string of the molecule is CSc1ccc(-c2nc(CNC(C)C)cc(=O)[nH]2)cc1. The molecule has 0 saturated heterocycles. The Balaban J connectivity index is 2.28. The Bertz CT molecular complexity index is 620. The summed E-state index contributed by atoms with van der Waals surface area (Å²) in [7, 11) is 0. The lowest BCUT2D eigenvalue weighted by molar-refractivity contribution is 0.580. The van der Waals surface area contributed by atoms with Gasteiger partial charge in [0.2, 0.25) is 0 Å². The molecule has 106 valence electrons. The van der Waals surface area contributed by atoms with Gasteiger partial charge in [-0.25, -0.2) is 4.98 Å². The number of thioether (sulfide) groups is 1. The third-order valence-electron chi connectivity index (χ3n) is 2.85. The zero-order valence-corrected chi connectivity index (χ0v) is 12.8. The van der Waals surface area contributed by atoms with Crippen LogP contribution in [-0.2, 0) is 6.54 Å². The minimum absolute atomic E-state index is 0.121. The highest BCUT2D eigenvalue weighted by Crippen LogP contribution is 2.19. The fraction of sp³-hybridized carbons (Fsp3) is 0.333. The van der Waals surface area contributed by atoms with Gasteiger partial charge in [0.15, 0.2) is 0 Å². The van der Waals surface area contributed by atoms with Crippen LogP contribution in [0.1, 0.15) is 19.5 Å². The molecule has 0 radical (unpaired) electrons. The maximum absolute atomic E-state index is 11.7. The molecule has 0 atom stereocenters. The van der Waals surface area contributed by atoms with Crippen LogP contribution in [-0.4, -0.2) is 22.3 Å². The molecule has 2 N–H and O–H groups in total. The normalized spacial score (nSPS) is 11.0. The first-order chi connectivity index (χ1) is 9.58. The van der Waals surface area contributed by atoms with E-state index in [0.29, 0.717) is 18.4 Å². The van der Waals surface area contributed by atoms with E-state index < -0.39 is 0 Å². The Morgan fingerprint density at radius 3 is 2.60 bits per heavy atom. The number of aromatic amines is 1. The number of nitrogens with one attached hydrogen (secondary N) is 2. The summed E-state index contributed by atoms with van der Waals surface area (Å²) in [5.74, 6) is 0.616. The molecule has 0 spiro atoms. The summed E-state index contributed by atoms with van der Waals surface area (Å²) in [6, 6.07) is 9.90. The van der Waals surface area contributed by atoms with Crippen molar-refractivity contribution in [3.05, 3.63) is 46.4 Å². The molecule has 0 fully saturated rings. The van der Waals surface area contributed by atoms with E-state index >= 15 is 0 Å². The van der Waals surface area contributed by atoms with Crippen molar-refractivity contribution in [2.75, 3.05) is 6.26 Å². The highest BCUT2D eigenvalue weighted by molar-refractivity contribution is 7.98. The fourth-order valence-corrected chi connectivity index (χ4v) is 2.20. The fourth-order valence-electron chi connectivity index (χ4n) is 1.79. The van der Waals surface area contributed by atoms with Gasteiger partial charge in [0.05, 0.1) is 5.69 Å². The Kier molecular flexibility index (Phi) is 4.98. The van der Waals surface area contributed by atoms with Crippen LogP contribution in [0.2, 0.25) is 0 Å². The summed E-state index contributed by atoms with van der Waals surface area (Å²) in [6.45, 7) is 4.72. The molecule has 2 rings (SSSR count). The maximum Gasteiger partial charge on any atom is 0.251 e. The third kappa shape index (κ3) is 3.95. The zero-order valence-electron chi connectivity index (χ0n) is 11.9. The van der Waals surface area contributed by atoms with Crippen LogP contribution in [0, 0.1) is 0 Å². The van der Waals surface area contributed by atoms with Gasteiger partial charge >= 0.3 is 0 Å². The van der Waals surface area contributed by atoms with Crippen LogP contribution in [0.5, 0.6) is 0 Å². The smallest absolute Gasteiger partial charge is 0.251 e. The van der Waals surface area contributed by atoms with Gasteiger partial charge in [0, 0.05) is 29.1 Å². The number of H-pyrrole nitrogens is 1. The van der Waals surface area contributed by atoms with E-state index in [4.69, 9.17) is 0 Å². The minimum atomic E-state index is -0.121. The van der Waals surface area contributed by atoms with Crippen LogP contribution in [0.15, 0.2) is 40.0 Å². The van der Waals surface area contributed by atoms with Crippen LogP contribution in [0.3, 0.4) is 0 Å². The van der Waals surface area contributed by atoms with Crippen molar-refractivity contribution in [3.8, 4) is 11.4 Å². The Labute approximate surface area is 123 Å². The molecule has 0 aliphatic carbocycles. The molecule has 5 heteroatoms. The summed E-state index contributed by atoms with van der Waals surface area (Å²) in [6.07, 6.45) is 2.04. The predicted molar refractivity (Wildman–Crippen MR) is 84.1 cm³/mol. The summed E-state index contributed by atoms with van der Waals surface area (Å²) >= 11 is 1.69. The molecule has 0 bridgehead atoms. The molecule has 0 aliphatic heterocycles. The molecule has 0 aliphatic rings. The van der Waals surface area contributed by atoms with E-state index in [1.54, 1.807) is 11.8 Å². The van der Waals surface area contributed by atoms with E-state index in [-0.39, 0.29) is 5.56 Å². The van der Waals surface area contributed by atoms with Crippen molar-refractivity contribution >= 4 is 11.8 Å². The van der Waals surface area contributed by atoms with Crippen LogP contribution < -0.4 is 10.9 Å². The van der Waals surface area contributed by atoms with E-state index in [1.165, 1.54) is 11.0 Å². The Morgan fingerprint density at radius 2 is 2.00 bits per heavy atom. The summed E-state index contributed by atoms with van der Waals surface area (Å²) in [4.78, 5) is 20.2. The second-order valence-corrected chi connectivity index (χ2v) is 5.73. The number of hydrogen-bond donors (Lipinski definition) is 2. The van der Waals surface area contributed by atoms with Crippen molar-refractivity contribution in [1.82, 2.24) is 15.3 Å². The molecule has 0 unspecified atom stereocenters. The average molecular weight is 289 g/mol. The van der Waals surface area contributed by atoms with Gasteiger partial charge in [0.1, 0.15) is 5.82 Å². The van der Waals surface area contributed by atoms with Gasteiger partial charge in [-0.1, -0.05) is 26.0 Å². The summed E-state index contributed by atoms with van der Waals surface area (Å²) < 4.78 is 0. The van der Waals surface area contributed by atoms with Crippen LogP contribution >= 0.6 is 11.8 Å². The number of aromatic nitrogens is 2. The van der Waals surface area contributed by atoms with Gasteiger partial charge in [0.25, 0.3) is 5.56 Å². The molecule has 0 saturated carbocycles. The number of nitrogens with zero attached hydrogens (tertiary/aromatic N) is 1. The largest absolute Gasteiger partial charge is 0.309 e. The molecule has 1 heterocycles. The molecule has 1 aromatic carbocycles. The summed E-state index contributed by atoms with van der Waals surface area (Å²) in [5, 5.41) is 3.27. The Morgan fingerprint density at radius 1 is 1.30 bits per heavy atom. The second kappa shape index (κ2) is 6.72. The molecular formula is C15H19N3OS. The predicted octanol–water partition coefficient (Wildman–Crippen LogP) is 2.66. The van der Waals surface area contributed by atoms with Gasteiger partial charge < -0.3 is 10.3 Å². The highest BCUT2D eigenvalue weighted by Gasteiger charge is 2.05. The minimum Gasteiger partial charge on any atom is -0.309 e. The molecule has 1 aromatic heterocycles. The quantitative estimate of drug-likeness (QED) is 0.831. The molecule has 2 aromatic rings. The first-order valence-electron chi connectivity index (χ1n) is 6.56. The van der Waals surface area contributed by atoms with Gasteiger partial charge in [-0.15, -0.1) is 11.8 Å². The van der Waals surface area contributed by atoms with E-state index in [9.17, 15) is 4.79 Å². The first-order valence-corrected chi connectivity index (χ1v) is 7.79. The van der Waals surface area contributed by atoms with Crippen LogP contribution in [0.4, 0.5) is 0 Å². The lowest BCUT2D eigenvalue weighted by Crippen LogP contribution is -2.24. The number of benzene rings is 1. The number of hydrogen-bond acceptors (Lipinski definition) is 4. The van der Waals surface area contributed by atoms with Crippen molar-refractivity contribution in [2.45, 2.75) is 31.3 Å². The summed E-state index contributed by atoms with van der Waals surface area (Å²) in [5.41, 5.74) is 1.56. The van der Waals surface area contributed by atoms with Gasteiger partial charge in [-0.05, 0) is 18.4 Å². The lowest BCUT2D eigenvalue weighted by Gasteiger charge is -2.08. The zero-order chi connectivity index (χ0) is 14.5. The van der Waals surface area contributed by atoms with E-state index in [0.717, 1.165) is 11.3 Å². The molecular weight excluding hydrogens is 270 g/mol. The maximum atomic E-state index is 11.7. The van der Waals surface area contributed by atoms with Crippen molar-refractivity contribution in [2.24, 2.45) is 0 Å². The number of rotatable bonds is 5. The third-order valence-corrected chi connectivity index (χ3v) is 3.59. The monoisotopic (exact) mass is 289 g/mol. The first kappa shape index (κ1) is 14.8. The van der Waals surface area contributed by atoms with Crippen molar-refractivity contribution < 1.29 is 0 Å². The lowest BCUT2D eigenvalue weighted by atomic mass is 10.2.